The fourth-order valence-electron chi connectivity index (χ4n) is 4.26. The Morgan fingerprint density at radius 2 is 1.53 bits per heavy atom. The first-order valence-electron chi connectivity index (χ1n) is 11.6. The lowest BCUT2D eigenvalue weighted by Gasteiger charge is -2.23. The molecule has 0 bridgehead atoms. The highest BCUT2D eigenvalue weighted by atomic mass is 16.5. The van der Waals surface area contributed by atoms with Gasteiger partial charge in [-0.3, -0.25) is 4.79 Å². The predicted octanol–water partition coefficient (Wildman–Crippen LogP) is 3.21. The second-order valence-corrected chi connectivity index (χ2v) is 8.80. The molecule has 34 heavy (non-hydrogen) atoms. The van der Waals surface area contributed by atoms with Crippen LogP contribution in [0, 0.1) is 0 Å². The van der Waals surface area contributed by atoms with E-state index in [0.717, 1.165) is 22.3 Å². The van der Waals surface area contributed by atoms with Crippen LogP contribution >= 0.6 is 0 Å². The van der Waals surface area contributed by atoms with Crippen LogP contribution in [0.1, 0.15) is 43.2 Å². The summed E-state index contributed by atoms with van der Waals surface area (Å²) in [6.45, 7) is 2.52. The van der Waals surface area contributed by atoms with Crippen LogP contribution in [0.5, 0.6) is 0 Å². The highest BCUT2D eigenvalue weighted by Gasteiger charge is 2.30. The zero-order chi connectivity index (χ0) is 24.7. The summed E-state index contributed by atoms with van der Waals surface area (Å²) in [6.07, 6.45) is 0.538. The van der Waals surface area contributed by atoms with Gasteiger partial charge in [0.05, 0.1) is 0 Å². The first kappa shape index (κ1) is 25.2. The number of amides is 2. The van der Waals surface area contributed by atoms with Crippen molar-refractivity contribution in [2.45, 2.75) is 44.2 Å². The molecule has 0 fully saturated rings. The molecule has 2 aromatic rings. The molecule has 2 atom stereocenters. The molecule has 2 amide bonds. The first-order valence-corrected chi connectivity index (χ1v) is 11.6. The molecule has 0 spiro atoms. The van der Waals surface area contributed by atoms with E-state index in [2.05, 4.69) is 22.8 Å². The topological polar surface area (TPSA) is 108 Å². The molecule has 182 valence electrons. The van der Waals surface area contributed by atoms with Crippen molar-refractivity contribution < 1.29 is 24.2 Å². The molecule has 0 saturated carbocycles. The number of benzene rings is 2. The van der Waals surface area contributed by atoms with Gasteiger partial charge in [-0.1, -0.05) is 61.9 Å². The summed E-state index contributed by atoms with van der Waals surface area (Å²) in [5, 5.41) is 14.5. The van der Waals surface area contributed by atoms with Gasteiger partial charge in [0.25, 0.3) is 0 Å². The quantitative estimate of drug-likeness (QED) is 0.468. The minimum Gasteiger partial charge on any atom is -0.480 e. The Labute approximate surface area is 200 Å². The third-order valence-corrected chi connectivity index (χ3v) is 6.01. The molecule has 1 aliphatic rings. The van der Waals surface area contributed by atoms with Crippen molar-refractivity contribution in [3.05, 3.63) is 59.7 Å². The molecule has 0 aliphatic heterocycles. The molecule has 1 aliphatic carbocycles. The van der Waals surface area contributed by atoms with Gasteiger partial charge in [0.2, 0.25) is 5.91 Å². The molecule has 3 rings (SSSR count). The molecule has 2 unspecified atom stereocenters. The lowest BCUT2D eigenvalue weighted by atomic mass is 9.98. The van der Waals surface area contributed by atoms with E-state index >= 15 is 0 Å². The van der Waals surface area contributed by atoms with Gasteiger partial charge in [-0.25, -0.2) is 9.59 Å². The minimum absolute atomic E-state index is 0.0897. The van der Waals surface area contributed by atoms with E-state index in [1.54, 1.807) is 0 Å². The van der Waals surface area contributed by atoms with E-state index in [1.807, 2.05) is 62.3 Å². The SMILES string of the molecule is CCCC(NC(=O)C(CCN(C)C)NC(=O)OCC1c2ccccc2-c2ccccc21)C(=O)O. The third kappa shape index (κ3) is 6.14. The molecular weight excluding hydrogens is 434 g/mol. The van der Waals surface area contributed by atoms with Crippen molar-refractivity contribution >= 4 is 18.0 Å². The number of rotatable bonds is 11. The van der Waals surface area contributed by atoms with Crippen LogP contribution in [0.3, 0.4) is 0 Å². The van der Waals surface area contributed by atoms with Gasteiger partial charge in [0.1, 0.15) is 18.7 Å². The molecule has 3 N–H and O–H groups in total. The number of nitrogens with zero attached hydrogens (tertiary/aromatic N) is 1. The van der Waals surface area contributed by atoms with Gasteiger partial charge in [0, 0.05) is 5.92 Å². The molecular formula is C26H33N3O5. The fraction of sp³-hybridized carbons (Fsp3) is 0.423. The second kappa shape index (κ2) is 11.7. The number of fused-ring (bicyclic) bond motifs is 3. The second-order valence-electron chi connectivity index (χ2n) is 8.80. The van der Waals surface area contributed by atoms with E-state index in [0.29, 0.717) is 25.8 Å². The summed E-state index contributed by atoms with van der Waals surface area (Å²) in [7, 11) is 3.72. The lowest BCUT2D eigenvalue weighted by molar-refractivity contribution is -0.142. The number of carbonyl (C=O) groups is 3. The molecule has 8 nitrogen and oxygen atoms in total. The van der Waals surface area contributed by atoms with Gasteiger partial charge < -0.3 is 25.4 Å². The maximum atomic E-state index is 12.8. The maximum Gasteiger partial charge on any atom is 0.407 e. The Morgan fingerprint density at radius 1 is 0.941 bits per heavy atom. The maximum absolute atomic E-state index is 12.8. The number of alkyl carbamates (subject to hydrolysis) is 1. The predicted molar refractivity (Wildman–Crippen MR) is 130 cm³/mol. The van der Waals surface area contributed by atoms with Crippen LogP contribution in [0.2, 0.25) is 0 Å². The van der Waals surface area contributed by atoms with Gasteiger partial charge in [0.15, 0.2) is 0 Å². The number of nitrogens with one attached hydrogen (secondary N) is 2. The average Bonchev–Trinajstić information content (AvgIpc) is 3.13. The summed E-state index contributed by atoms with van der Waals surface area (Å²) in [5.41, 5.74) is 4.46. The van der Waals surface area contributed by atoms with Crippen LogP contribution in [-0.2, 0) is 14.3 Å². The van der Waals surface area contributed by atoms with E-state index in [9.17, 15) is 19.5 Å². The Bertz CT molecular complexity index is 978. The first-order chi connectivity index (χ1) is 16.3. The standard InChI is InChI=1S/C26H33N3O5/c1-4-9-23(25(31)32)27-24(30)22(14-15-29(2)3)28-26(33)34-16-21-19-12-7-5-10-17(19)18-11-6-8-13-20(18)21/h5-8,10-13,21-23H,4,9,14-16H2,1-3H3,(H,27,30)(H,28,33)(H,31,32). The fourth-order valence-corrected chi connectivity index (χ4v) is 4.26. The molecule has 0 aromatic heterocycles. The molecule has 8 heteroatoms. The number of aliphatic carboxylic acids is 1. The number of hydrogen-bond donors (Lipinski definition) is 3. The third-order valence-electron chi connectivity index (χ3n) is 6.01. The van der Waals surface area contributed by atoms with Gasteiger partial charge >= 0.3 is 12.1 Å². The van der Waals surface area contributed by atoms with Gasteiger partial charge in [-0.05, 0) is 55.7 Å². The molecule has 0 radical (unpaired) electrons. The normalized spacial score (nSPS) is 14.1. The Kier molecular flexibility index (Phi) is 8.65. The lowest BCUT2D eigenvalue weighted by Crippen LogP contribution is -2.52. The van der Waals surface area contributed by atoms with E-state index in [-0.39, 0.29) is 12.5 Å². The number of hydrogen-bond acceptors (Lipinski definition) is 5. The molecule has 2 aromatic carbocycles. The Morgan fingerprint density at radius 3 is 2.06 bits per heavy atom. The smallest absolute Gasteiger partial charge is 0.407 e. The van der Waals surface area contributed by atoms with Gasteiger partial charge in [-0.2, -0.15) is 0 Å². The van der Waals surface area contributed by atoms with Crippen molar-refractivity contribution in [3.8, 4) is 11.1 Å². The zero-order valence-electron chi connectivity index (χ0n) is 19.9. The van der Waals surface area contributed by atoms with Crippen molar-refractivity contribution in [2.75, 3.05) is 27.2 Å². The van der Waals surface area contributed by atoms with Crippen molar-refractivity contribution in [1.29, 1.82) is 0 Å². The van der Waals surface area contributed by atoms with Crippen LogP contribution < -0.4 is 10.6 Å². The summed E-state index contributed by atoms with van der Waals surface area (Å²) in [4.78, 5) is 38.8. The minimum atomic E-state index is -1.09. The van der Waals surface area contributed by atoms with Crippen LogP contribution in [-0.4, -0.2) is 67.3 Å². The Hall–Kier alpha value is -3.39. The van der Waals surface area contributed by atoms with E-state index in [4.69, 9.17) is 4.74 Å². The molecule has 0 saturated heterocycles. The van der Waals surface area contributed by atoms with Crippen molar-refractivity contribution in [1.82, 2.24) is 15.5 Å². The number of ether oxygens (including phenoxy) is 1. The summed E-state index contributed by atoms with van der Waals surface area (Å²) in [6, 6.07) is 14.2. The summed E-state index contributed by atoms with van der Waals surface area (Å²) < 4.78 is 5.57. The van der Waals surface area contributed by atoms with Crippen molar-refractivity contribution in [2.24, 2.45) is 0 Å². The summed E-state index contributed by atoms with van der Waals surface area (Å²) >= 11 is 0. The highest BCUT2D eigenvalue weighted by Crippen LogP contribution is 2.44. The van der Waals surface area contributed by atoms with E-state index < -0.39 is 30.1 Å². The van der Waals surface area contributed by atoms with E-state index in [1.165, 1.54) is 0 Å². The summed E-state index contributed by atoms with van der Waals surface area (Å²) in [5.74, 6) is -1.72. The molecule has 0 heterocycles. The van der Waals surface area contributed by atoms with Crippen LogP contribution in [0.15, 0.2) is 48.5 Å². The van der Waals surface area contributed by atoms with Crippen LogP contribution in [0.4, 0.5) is 4.79 Å². The van der Waals surface area contributed by atoms with Gasteiger partial charge in [-0.15, -0.1) is 0 Å². The number of carbonyl (C=O) groups excluding carboxylic acids is 2. The van der Waals surface area contributed by atoms with Crippen LogP contribution in [0.25, 0.3) is 11.1 Å². The number of carboxylic acids is 1. The van der Waals surface area contributed by atoms with Crippen molar-refractivity contribution in [3.63, 3.8) is 0 Å². The largest absolute Gasteiger partial charge is 0.480 e. The highest BCUT2D eigenvalue weighted by molar-refractivity contribution is 5.89. The Balaban J connectivity index is 1.66. The number of carboxylic acid groups (broad SMARTS) is 1. The zero-order valence-corrected chi connectivity index (χ0v) is 19.9. The monoisotopic (exact) mass is 467 g/mol. The average molecular weight is 468 g/mol.